The van der Waals surface area contributed by atoms with E-state index in [4.69, 9.17) is 0 Å². The Bertz CT molecular complexity index is 650. The fourth-order valence-electron chi connectivity index (χ4n) is 2.40. The number of carbonyl (C=O) groups excluding carboxylic acids is 1. The van der Waals surface area contributed by atoms with E-state index in [-0.39, 0.29) is 11.7 Å². The fraction of sp³-hybridized carbons (Fsp3) is 0.500. The summed E-state index contributed by atoms with van der Waals surface area (Å²) in [6.07, 6.45) is 1.14. The number of aryl methyl sites for hydroxylation is 2. The lowest BCUT2D eigenvalue weighted by molar-refractivity contribution is 0.0749. The van der Waals surface area contributed by atoms with Crippen LogP contribution in [0.1, 0.15) is 21.5 Å². The predicted molar refractivity (Wildman–Crippen MR) is 82.9 cm³/mol. The van der Waals surface area contributed by atoms with Crippen molar-refractivity contribution in [3.8, 4) is 0 Å². The molecule has 1 amide bonds. The van der Waals surface area contributed by atoms with Crippen LogP contribution in [0, 0.1) is 19.7 Å². The maximum atomic E-state index is 13.7. The first kappa shape index (κ1) is 16.3. The van der Waals surface area contributed by atoms with Crippen LogP contribution in [0.25, 0.3) is 0 Å². The third-order valence-electron chi connectivity index (χ3n) is 3.52. The monoisotopic (exact) mass is 331 g/mol. The smallest absolute Gasteiger partial charge is 0.254 e. The van der Waals surface area contributed by atoms with E-state index in [9.17, 15) is 17.6 Å². The first-order valence-electron chi connectivity index (χ1n) is 6.56. The van der Waals surface area contributed by atoms with Gasteiger partial charge in [-0.05, 0) is 37.1 Å². The molecule has 2 rings (SSSR count). The summed E-state index contributed by atoms with van der Waals surface area (Å²) < 4.78 is 37.4. The highest BCUT2D eigenvalue weighted by atomic mass is 32.2. The van der Waals surface area contributed by atoms with Crippen molar-refractivity contribution in [2.24, 2.45) is 0 Å². The summed E-state index contributed by atoms with van der Waals surface area (Å²) in [4.78, 5) is 14.0. The van der Waals surface area contributed by atoms with Gasteiger partial charge in [-0.3, -0.25) is 4.79 Å². The van der Waals surface area contributed by atoms with Crippen LogP contribution in [0.2, 0.25) is 0 Å². The SMILES string of the molecule is Cc1cc(C(=O)N2CCSC[C@H]2S(C)(=O)=O)cc(C)c1F. The molecule has 4 nitrogen and oxygen atoms in total. The summed E-state index contributed by atoms with van der Waals surface area (Å²) in [6.45, 7) is 3.58. The Labute approximate surface area is 128 Å². The van der Waals surface area contributed by atoms with Crippen LogP contribution in [0.4, 0.5) is 4.39 Å². The zero-order chi connectivity index (χ0) is 15.8. The molecule has 1 fully saturated rings. The van der Waals surface area contributed by atoms with Gasteiger partial charge in [0.2, 0.25) is 0 Å². The second kappa shape index (κ2) is 5.96. The van der Waals surface area contributed by atoms with Crippen molar-refractivity contribution in [1.82, 2.24) is 4.90 Å². The van der Waals surface area contributed by atoms with Gasteiger partial charge in [-0.1, -0.05) is 0 Å². The number of benzene rings is 1. The molecule has 0 unspecified atom stereocenters. The molecule has 1 saturated heterocycles. The summed E-state index contributed by atoms with van der Waals surface area (Å²) >= 11 is 1.52. The van der Waals surface area contributed by atoms with Crippen molar-refractivity contribution in [1.29, 1.82) is 0 Å². The van der Waals surface area contributed by atoms with E-state index in [1.165, 1.54) is 28.8 Å². The van der Waals surface area contributed by atoms with Crippen LogP contribution in [-0.2, 0) is 9.84 Å². The molecule has 7 heteroatoms. The molecule has 1 aromatic carbocycles. The molecule has 1 heterocycles. The highest BCUT2D eigenvalue weighted by Crippen LogP contribution is 2.24. The Morgan fingerprint density at radius 2 is 1.90 bits per heavy atom. The van der Waals surface area contributed by atoms with Gasteiger partial charge in [0.15, 0.2) is 9.84 Å². The van der Waals surface area contributed by atoms with E-state index in [0.717, 1.165) is 6.26 Å². The number of hydrogen-bond acceptors (Lipinski definition) is 4. The highest BCUT2D eigenvalue weighted by molar-refractivity contribution is 8.00. The average molecular weight is 331 g/mol. The molecule has 0 bridgehead atoms. The Kier molecular flexibility index (Phi) is 4.63. The lowest BCUT2D eigenvalue weighted by atomic mass is 10.1. The third-order valence-corrected chi connectivity index (χ3v) is 6.17. The molecule has 1 aliphatic rings. The first-order valence-corrected chi connectivity index (χ1v) is 9.67. The molecular weight excluding hydrogens is 313 g/mol. The third kappa shape index (κ3) is 3.40. The minimum absolute atomic E-state index is 0.333. The number of hydrogen-bond donors (Lipinski definition) is 0. The number of rotatable bonds is 2. The Balaban J connectivity index is 2.38. The van der Waals surface area contributed by atoms with E-state index in [0.29, 0.717) is 34.7 Å². The number of carbonyl (C=O) groups is 1. The summed E-state index contributed by atoms with van der Waals surface area (Å²) in [5.41, 5.74) is 1.12. The number of halogens is 1. The summed E-state index contributed by atoms with van der Waals surface area (Å²) in [5.74, 6) is 0.401. The molecule has 0 aromatic heterocycles. The Hall–Kier alpha value is -1.08. The maximum absolute atomic E-state index is 13.7. The van der Waals surface area contributed by atoms with Crippen molar-refractivity contribution < 1.29 is 17.6 Å². The van der Waals surface area contributed by atoms with Crippen LogP contribution in [0.3, 0.4) is 0 Å². The number of nitrogens with zero attached hydrogens (tertiary/aromatic N) is 1. The maximum Gasteiger partial charge on any atom is 0.254 e. The van der Waals surface area contributed by atoms with Gasteiger partial charge in [0.05, 0.1) is 0 Å². The topological polar surface area (TPSA) is 54.5 Å². The quantitative estimate of drug-likeness (QED) is 0.832. The molecule has 0 saturated carbocycles. The molecule has 1 atom stereocenters. The van der Waals surface area contributed by atoms with Crippen molar-refractivity contribution >= 4 is 27.5 Å². The molecule has 21 heavy (non-hydrogen) atoms. The van der Waals surface area contributed by atoms with E-state index in [2.05, 4.69) is 0 Å². The summed E-state index contributed by atoms with van der Waals surface area (Å²) in [6, 6.07) is 2.96. The van der Waals surface area contributed by atoms with Gasteiger partial charge in [0.1, 0.15) is 11.2 Å². The fourth-order valence-corrected chi connectivity index (χ4v) is 5.22. The minimum Gasteiger partial charge on any atom is -0.320 e. The van der Waals surface area contributed by atoms with Gasteiger partial charge in [-0.25, -0.2) is 12.8 Å². The highest BCUT2D eigenvalue weighted by Gasteiger charge is 2.34. The number of thioether (sulfide) groups is 1. The standard InChI is InChI=1S/C14H18FNO3S2/c1-9-6-11(7-10(2)13(9)15)14(17)16-4-5-20-8-12(16)21(3,18)19/h6-7,12H,4-5,8H2,1-3H3/t12-/m1/s1. The lowest BCUT2D eigenvalue weighted by Crippen LogP contribution is -2.49. The van der Waals surface area contributed by atoms with Gasteiger partial charge in [-0.2, -0.15) is 11.8 Å². The van der Waals surface area contributed by atoms with Crippen molar-refractivity contribution in [3.05, 3.63) is 34.6 Å². The summed E-state index contributed by atoms with van der Waals surface area (Å²) in [5, 5.41) is -0.811. The number of amides is 1. The van der Waals surface area contributed by atoms with Crippen LogP contribution in [0.15, 0.2) is 12.1 Å². The Morgan fingerprint density at radius 1 is 1.33 bits per heavy atom. The van der Waals surface area contributed by atoms with Gasteiger partial charge >= 0.3 is 0 Å². The van der Waals surface area contributed by atoms with Crippen molar-refractivity contribution in [3.63, 3.8) is 0 Å². The zero-order valence-corrected chi connectivity index (χ0v) is 13.9. The largest absolute Gasteiger partial charge is 0.320 e. The molecule has 1 aliphatic heterocycles. The minimum atomic E-state index is -3.35. The first-order chi connectivity index (χ1) is 9.71. The zero-order valence-electron chi connectivity index (χ0n) is 12.2. The average Bonchev–Trinajstić information content (AvgIpc) is 2.42. The van der Waals surface area contributed by atoms with E-state index in [1.807, 2.05) is 0 Å². The molecule has 0 N–H and O–H groups in total. The number of sulfone groups is 1. The molecule has 0 aliphatic carbocycles. The van der Waals surface area contributed by atoms with E-state index < -0.39 is 15.2 Å². The molecule has 116 valence electrons. The summed E-state index contributed by atoms with van der Waals surface area (Å²) in [7, 11) is -3.35. The normalized spacial score (nSPS) is 19.6. The Morgan fingerprint density at radius 3 is 2.43 bits per heavy atom. The predicted octanol–water partition coefficient (Wildman–Crippen LogP) is 2.00. The lowest BCUT2D eigenvalue weighted by Gasteiger charge is -2.34. The van der Waals surface area contributed by atoms with Gasteiger partial charge < -0.3 is 4.90 Å². The van der Waals surface area contributed by atoms with E-state index in [1.54, 1.807) is 13.8 Å². The van der Waals surface area contributed by atoms with E-state index >= 15 is 0 Å². The van der Waals surface area contributed by atoms with Crippen molar-refractivity contribution in [2.45, 2.75) is 19.2 Å². The van der Waals surface area contributed by atoms with Crippen LogP contribution in [-0.4, -0.2) is 48.9 Å². The van der Waals surface area contributed by atoms with Crippen LogP contribution >= 0.6 is 11.8 Å². The van der Waals surface area contributed by atoms with Crippen LogP contribution in [0.5, 0.6) is 0 Å². The van der Waals surface area contributed by atoms with Gasteiger partial charge in [0, 0.05) is 29.9 Å². The second-order valence-corrected chi connectivity index (χ2v) is 8.63. The molecule has 1 aromatic rings. The molecule has 0 spiro atoms. The van der Waals surface area contributed by atoms with Gasteiger partial charge in [0.25, 0.3) is 5.91 Å². The van der Waals surface area contributed by atoms with Gasteiger partial charge in [-0.15, -0.1) is 0 Å². The van der Waals surface area contributed by atoms with Crippen LogP contribution < -0.4 is 0 Å². The van der Waals surface area contributed by atoms with Crippen molar-refractivity contribution in [2.75, 3.05) is 24.3 Å². The molecule has 0 radical (unpaired) electrons. The molecular formula is C14H18FNO3S2. The second-order valence-electron chi connectivity index (χ2n) is 5.28.